The molecule has 1 heterocycles. The lowest BCUT2D eigenvalue weighted by atomic mass is 10.0. The molecule has 0 saturated carbocycles. The van der Waals surface area contributed by atoms with Crippen molar-refractivity contribution in [3.05, 3.63) is 64.7 Å². The fraction of sp³-hybridized carbons (Fsp3) is 0.286. The molecule has 0 radical (unpaired) electrons. The Morgan fingerprint density at radius 1 is 1.12 bits per heavy atom. The van der Waals surface area contributed by atoms with Crippen molar-refractivity contribution in [1.82, 2.24) is 15.2 Å². The fourth-order valence-corrected chi connectivity index (χ4v) is 3.47. The predicted molar refractivity (Wildman–Crippen MR) is 107 cm³/mol. The molecule has 0 saturated heterocycles. The molecule has 5 heteroatoms. The van der Waals surface area contributed by atoms with Gasteiger partial charge in [-0.2, -0.15) is 0 Å². The van der Waals surface area contributed by atoms with Gasteiger partial charge in [0.25, 0.3) is 0 Å². The second kappa shape index (κ2) is 7.87. The maximum absolute atomic E-state index is 12.7. The van der Waals surface area contributed by atoms with E-state index >= 15 is 0 Å². The number of benzene rings is 2. The maximum Gasteiger partial charge on any atom is 0.209 e. The number of H-pyrrole nitrogens is 1. The number of carbonyl (C=O) groups is 1. The number of hydrogen-bond acceptors (Lipinski definition) is 4. The molecule has 1 aromatic heterocycles. The minimum atomic E-state index is -0.247. The van der Waals surface area contributed by atoms with Crippen LogP contribution >= 0.6 is 11.8 Å². The highest BCUT2D eigenvalue weighted by atomic mass is 32.2. The average Bonchev–Trinajstić information content (AvgIpc) is 3.12. The van der Waals surface area contributed by atoms with Crippen molar-refractivity contribution in [2.45, 2.75) is 44.5 Å². The second-order valence-corrected chi connectivity index (χ2v) is 7.75. The number of aryl methyl sites for hydroxylation is 3. The van der Waals surface area contributed by atoms with Gasteiger partial charge < -0.3 is 0 Å². The zero-order valence-electron chi connectivity index (χ0n) is 15.5. The standard InChI is InChI=1S/C21H23N3OS/c1-5-16-7-10-17(11-8-16)20-22-21(24-23-20)26-15(4)19(25)18-9-6-13(2)14(3)12-18/h6-12,15H,5H2,1-4H3,(H,22,23,24)/t15-/m0/s1. The minimum absolute atomic E-state index is 0.0942. The maximum atomic E-state index is 12.7. The third kappa shape index (κ3) is 4.05. The van der Waals surface area contributed by atoms with Crippen LogP contribution < -0.4 is 0 Å². The van der Waals surface area contributed by atoms with E-state index in [1.54, 1.807) is 0 Å². The van der Waals surface area contributed by atoms with Crippen LogP contribution in [0, 0.1) is 13.8 Å². The van der Waals surface area contributed by atoms with Crippen LogP contribution in [0.1, 0.15) is 40.9 Å². The number of Topliss-reactive ketones (excluding diaryl/α,β-unsaturated/α-hetero) is 1. The number of nitrogens with zero attached hydrogens (tertiary/aromatic N) is 2. The summed E-state index contributed by atoms with van der Waals surface area (Å²) in [7, 11) is 0. The van der Waals surface area contributed by atoms with Crippen molar-refractivity contribution in [2.24, 2.45) is 0 Å². The Labute approximate surface area is 158 Å². The van der Waals surface area contributed by atoms with Crippen LogP contribution in [-0.2, 0) is 6.42 Å². The first-order valence-corrected chi connectivity index (χ1v) is 9.65. The zero-order valence-corrected chi connectivity index (χ0v) is 16.4. The van der Waals surface area contributed by atoms with Crippen molar-refractivity contribution in [2.75, 3.05) is 0 Å². The number of rotatable bonds is 6. The topological polar surface area (TPSA) is 58.6 Å². The van der Waals surface area contributed by atoms with Gasteiger partial charge in [0, 0.05) is 11.1 Å². The Kier molecular flexibility index (Phi) is 5.57. The van der Waals surface area contributed by atoms with Crippen LogP contribution in [0.25, 0.3) is 11.4 Å². The molecule has 134 valence electrons. The Hall–Kier alpha value is -2.40. The smallest absolute Gasteiger partial charge is 0.209 e. The van der Waals surface area contributed by atoms with Crippen LogP contribution in [0.15, 0.2) is 47.6 Å². The highest BCUT2D eigenvalue weighted by molar-refractivity contribution is 8.00. The third-order valence-electron chi connectivity index (χ3n) is 4.54. The molecule has 0 unspecified atom stereocenters. The number of aromatic nitrogens is 3. The van der Waals surface area contributed by atoms with Crippen molar-refractivity contribution in [3.8, 4) is 11.4 Å². The van der Waals surface area contributed by atoms with E-state index in [1.807, 2.05) is 51.1 Å². The summed E-state index contributed by atoms with van der Waals surface area (Å²) in [5, 5.41) is 7.56. The molecule has 3 rings (SSSR count). The van der Waals surface area contributed by atoms with Crippen LogP contribution in [0.5, 0.6) is 0 Å². The van der Waals surface area contributed by atoms with Gasteiger partial charge in [0.05, 0.1) is 5.25 Å². The molecule has 1 N–H and O–H groups in total. The first-order chi connectivity index (χ1) is 12.5. The number of carbonyl (C=O) groups excluding carboxylic acids is 1. The molecule has 0 aliphatic carbocycles. The van der Waals surface area contributed by atoms with Gasteiger partial charge in [-0.3, -0.25) is 9.89 Å². The zero-order chi connectivity index (χ0) is 18.7. The molecule has 0 bridgehead atoms. The number of hydrogen-bond donors (Lipinski definition) is 1. The summed E-state index contributed by atoms with van der Waals surface area (Å²) in [6.45, 7) is 8.10. The third-order valence-corrected chi connectivity index (χ3v) is 5.50. The summed E-state index contributed by atoms with van der Waals surface area (Å²) < 4.78 is 0. The Balaban J connectivity index is 1.71. The molecule has 0 spiro atoms. The van der Waals surface area contributed by atoms with E-state index in [2.05, 4.69) is 34.2 Å². The normalized spacial score (nSPS) is 12.2. The summed E-state index contributed by atoms with van der Waals surface area (Å²) in [5.41, 5.74) is 5.34. The summed E-state index contributed by atoms with van der Waals surface area (Å²) in [5.74, 6) is 0.817. The number of nitrogens with one attached hydrogen (secondary N) is 1. The van der Waals surface area contributed by atoms with Crippen molar-refractivity contribution in [1.29, 1.82) is 0 Å². The molecule has 3 aromatic rings. The van der Waals surface area contributed by atoms with Crippen LogP contribution in [-0.4, -0.2) is 26.2 Å². The predicted octanol–water partition coefficient (Wildman–Crippen LogP) is 5.01. The first-order valence-electron chi connectivity index (χ1n) is 8.77. The van der Waals surface area contributed by atoms with Crippen molar-refractivity contribution >= 4 is 17.5 Å². The van der Waals surface area contributed by atoms with Crippen LogP contribution in [0.4, 0.5) is 0 Å². The van der Waals surface area contributed by atoms with Crippen molar-refractivity contribution in [3.63, 3.8) is 0 Å². The molecule has 4 nitrogen and oxygen atoms in total. The fourth-order valence-electron chi connectivity index (χ4n) is 2.67. The largest absolute Gasteiger partial charge is 0.293 e. The van der Waals surface area contributed by atoms with E-state index in [0.717, 1.165) is 28.9 Å². The quantitative estimate of drug-likeness (QED) is 0.492. The molecule has 1 atom stereocenters. The highest BCUT2D eigenvalue weighted by Gasteiger charge is 2.19. The van der Waals surface area contributed by atoms with E-state index in [-0.39, 0.29) is 11.0 Å². The number of aromatic amines is 1. The molecule has 0 aliphatic heterocycles. The Bertz CT molecular complexity index is 915. The minimum Gasteiger partial charge on any atom is -0.293 e. The van der Waals surface area contributed by atoms with E-state index in [0.29, 0.717) is 5.16 Å². The lowest BCUT2D eigenvalue weighted by molar-refractivity contribution is 0.0994. The molecule has 2 aromatic carbocycles. The summed E-state index contributed by atoms with van der Waals surface area (Å²) in [6, 6.07) is 14.1. The van der Waals surface area contributed by atoms with E-state index in [1.165, 1.54) is 22.9 Å². The lowest BCUT2D eigenvalue weighted by Crippen LogP contribution is -2.14. The summed E-state index contributed by atoms with van der Waals surface area (Å²) in [4.78, 5) is 17.2. The van der Waals surface area contributed by atoms with Gasteiger partial charge in [-0.05, 0) is 49.9 Å². The van der Waals surface area contributed by atoms with Gasteiger partial charge in [-0.15, -0.1) is 5.10 Å². The van der Waals surface area contributed by atoms with Crippen LogP contribution in [0.2, 0.25) is 0 Å². The molecule has 0 aliphatic rings. The monoisotopic (exact) mass is 365 g/mol. The number of thioether (sulfide) groups is 1. The molecule has 0 fully saturated rings. The molecular weight excluding hydrogens is 342 g/mol. The molecule has 26 heavy (non-hydrogen) atoms. The van der Waals surface area contributed by atoms with Gasteiger partial charge in [0.15, 0.2) is 11.6 Å². The molecule has 0 amide bonds. The lowest BCUT2D eigenvalue weighted by Gasteiger charge is -2.09. The highest BCUT2D eigenvalue weighted by Crippen LogP contribution is 2.25. The Morgan fingerprint density at radius 3 is 2.50 bits per heavy atom. The van der Waals surface area contributed by atoms with E-state index < -0.39 is 0 Å². The number of ketones is 1. The first kappa shape index (κ1) is 18.4. The second-order valence-electron chi connectivity index (χ2n) is 6.44. The molecular formula is C21H23N3OS. The van der Waals surface area contributed by atoms with Crippen LogP contribution in [0.3, 0.4) is 0 Å². The van der Waals surface area contributed by atoms with Gasteiger partial charge in [0.1, 0.15) is 0 Å². The van der Waals surface area contributed by atoms with E-state index in [9.17, 15) is 4.79 Å². The Morgan fingerprint density at radius 2 is 1.85 bits per heavy atom. The van der Waals surface area contributed by atoms with Gasteiger partial charge in [-0.25, -0.2) is 4.98 Å². The van der Waals surface area contributed by atoms with Crippen molar-refractivity contribution < 1.29 is 4.79 Å². The average molecular weight is 366 g/mol. The summed E-state index contributed by atoms with van der Waals surface area (Å²) >= 11 is 1.38. The van der Waals surface area contributed by atoms with Gasteiger partial charge in [0.2, 0.25) is 5.16 Å². The van der Waals surface area contributed by atoms with E-state index in [4.69, 9.17) is 0 Å². The SMILES string of the molecule is CCc1ccc(-c2nc(S[C@@H](C)C(=O)c3ccc(C)c(C)c3)n[nH]2)cc1. The summed E-state index contributed by atoms with van der Waals surface area (Å²) in [6.07, 6.45) is 1.01. The van der Waals surface area contributed by atoms with Gasteiger partial charge in [-0.1, -0.05) is 55.1 Å². The van der Waals surface area contributed by atoms with Gasteiger partial charge >= 0.3 is 0 Å².